The first-order valence-corrected chi connectivity index (χ1v) is 7.03. The second-order valence-electron chi connectivity index (χ2n) is 4.76. The van der Waals surface area contributed by atoms with Gasteiger partial charge in [-0.15, -0.1) is 0 Å². The summed E-state index contributed by atoms with van der Waals surface area (Å²) in [7, 11) is 0. The molecule has 106 valence electrons. The average molecular weight is 257 g/mol. The van der Waals surface area contributed by atoms with Crippen LogP contribution in [0.1, 0.15) is 33.1 Å². The van der Waals surface area contributed by atoms with E-state index in [1.54, 1.807) is 0 Å². The molecule has 0 aromatic heterocycles. The summed E-state index contributed by atoms with van der Waals surface area (Å²) in [5.41, 5.74) is 5.80. The lowest BCUT2D eigenvalue weighted by Gasteiger charge is -2.37. The minimum absolute atomic E-state index is 0.0893. The summed E-state index contributed by atoms with van der Waals surface area (Å²) in [6, 6.07) is 0.139. The van der Waals surface area contributed by atoms with E-state index in [9.17, 15) is 4.79 Å². The zero-order chi connectivity index (χ0) is 13.4. The lowest BCUT2D eigenvalue weighted by Crippen LogP contribution is -2.50. The van der Waals surface area contributed by atoms with Crippen molar-refractivity contribution in [2.45, 2.75) is 45.3 Å². The van der Waals surface area contributed by atoms with Gasteiger partial charge in [-0.2, -0.15) is 0 Å². The molecule has 18 heavy (non-hydrogen) atoms. The van der Waals surface area contributed by atoms with Crippen LogP contribution in [0.5, 0.6) is 0 Å². The summed E-state index contributed by atoms with van der Waals surface area (Å²) < 4.78 is 5.68. The van der Waals surface area contributed by atoms with E-state index in [-0.39, 0.29) is 11.9 Å². The monoisotopic (exact) mass is 257 g/mol. The van der Waals surface area contributed by atoms with Gasteiger partial charge in [0, 0.05) is 38.7 Å². The van der Waals surface area contributed by atoms with Crippen molar-refractivity contribution in [1.29, 1.82) is 0 Å². The predicted octanol–water partition coefficient (Wildman–Crippen LogP) is 0.341. The van der Waals surface area contributed by atoms with E-state index in [0.717, 1.165) is 32.5 Å². The Labute approximate surface area is 110 Å². The van der Waals surface area contributed by atoms with Crippen molar-refractivity contribution in [3.05, 3.63) is 0 Å². The number of rotatable bonds is 7. The van der Waals surface area contributed by atoms with Crippen LogP contribution in [0.2, 0.25) is 0 Å². The van der Waals surface area contributed by atoms with Gasteiger partial charge in [-0.3, -0.25) is 9.69 Å². The van der Waals surface area contributed by atoms with Gasteiger partial charge in [-0.05, 0) is 33.2 Å². The molecule has 0 aliphatic carbocycles. The van der Waals surface area contributed by atoms with Gasteiger partial charge in [-0.25, -0.2) is 0 Å². The summed E-state index contributed by atoms with van der Waals surface area (Å²) in [4.78, 5) is 13.9. The van der Waals surface area contributed by atoms with Gasteiger partial charge >= 0.3 is 0 Å². The van der Waals surface area contributed by atoms with Crippen molar-refractivity contribution >= 4 is 5.91 Å². The van der Waals surface area contributed by atoms with Gasteiger partial charge in [0.05, 0.1) is 6.10 Å². The van der Waals surface area contributed by atoms with Gasteiger partial charge < -0.3 is 15.8 Å². The maximum atomic E-state index is 11.6. The fourth-order valence-corrected chi connectivity index (χ4v) is 2.51. The zero-order valence-electron chi connectivity index (χ0n) is 11.7. The predicted molar refractivity (Wildman–Crippen MR) is 72.4 cm³/mol. The second kappa shape index (κ2) is 8.45. The zero-order valence-corrected chi connectivity index (χ0v) is 11.7. The molecule has 1 heterocycles. The Bertz CT molecular complexity index is 246. The van der Waals surface area contributed by atoms with Gasteiger partial charge in [-0.1, -0.05) is 0 Å². The molecule has 1 fully saturated rings. The molecular weight excluding hydrogens is 230 g/mol. The summed E-state index contributed by atoms with van der Waals surface area (Å²) in [5.74, 6) is 0.0893. The maximum Gasteiger partial charge on any atom is 0.221 e. The molecule has 1 rings (SSSR count). The molecule has 0 aromatic rings. The number of hydrogen-bond donors (Lipinski definition) is 2. The van der Waals surface area contributed by atoms with Crippen LogP contribution in [0.15, 0.2) is 0 Å². The van der Waals surface area contributed by atoms with E-state index in [1.807, 2.05) is 13.8 Å². The molecule has 1 aliphatic heterocycles. The molecule has 0 bridgehead atoms. The van der Waals surface area contributed by atoms with Gasteiger partial charge in [0.15, 0.2) is 0 Å². The first-order valence-electron chi connectivity index (χ1n) is 7.03. The molecule has 0 radical (unpaired) electrons. The highest BCUT2D eigenvalue weighted by atomic mass is 16.5. The Balaban J connectivity index is 2.45. The number of amides is 1. The third kappa shape index (κ3) is 4.92. The smallest absolute Gasteiger partial charge is 0.221 e. The van der Waals surface area contributed by atoms with E-state index in [2.05, 4.69) is 10.2 Å². The van der Waals surface area contributed by atoms with E-state index < -0.39 is 0 Å². The van der Waals surface area contributed by atoms with Crippen LogP contribution >= 0.6 is 0 Å². The Morgan fingerprint density at radius 2 is 2.33 bits per heavy atom. The normalized spacial score (nSPS) is 22.7. The highest BCUT2D eigenvalue weighted by Crippen LogP contribution is 2.16. The van der Waals surface area contributed by atoms with Crippen molar-refractivity contribution < 1.29 is 9.53 Å². The number of ether oxygens (including phenoxy) is 1. The summed E-state index contributed by atoms with van der Waals surface area (Å²) in [6.07, 6.45) is 3.02. The first kappa shape index (κ1) is 15.4. The number of hydrogen-bond acceptors (Lipinski definition) is 4. The lowest BCUT2D eigenvalue weighted by atomic mass is 10.0. The summed E-state index contributed by atoms with van der Waals surface area (Å²) in [5, 5.41) is 2.83. The molecule has 0 aromatic carbocycles. The van der Waals surface area contributed by atoms with Crippen LogP contribution < -0.4 is 11.1 Å². The van der Waals surface area contributed by atoms with Gasteiger partial charge in [0.2, 0.25) is 5.91 Å². The van der Waals surface area contributed by atoms with E-state index in [4.69, 9.17) is 10.5 Å². The Hall–Kier alpha value is -0.650. The number of nitrogens with two attached hydrogens (primary N) is 1. The fourth-order valence-electron chi connectivity index (χ4n) is 2.51. The third-order valence-electron chi connectivity index (χ3n) is 3.40. The lowest BCUT2D eigenvalue weighted by molar-refractivity contribution is -0.122. The Kier molecular flexibility index (Phi) is 7.23. The topological polar surface area (TPSA) is 67.6 Å². The number of carbonyl (C=O) groups is 1. The van der Waals surface area contributed by atoms with Crippen molar-refractivity contribution in [1.82, 2.24) is 10.2 Å². The molecule has 1 amide bonds. The number of likely N-dealkylation sites (tertiary alicyclic amines) is 1. The third-order valence-corrected chi connectivity index (χ3v) is 3.40. The highest BCUT2D eigenvalue weighted by molar-refractivity contribution is 5.76. The van der Waals surface area contributed by atoms with Crippen LogP contribution in [-0.4, -0.2) is 55.7 Å². The van der Waals surface area contributed by atoms with Crippen LogP contribution in [0, 0.1) is 0 Å². The molecule has 5 nitrogen and oxygen atoms in total. The van der Waals surface area contributed by atoms with E-state index in [1.165, 1.54) is 0 Å². The highest BCUT2D eigenvalue weighted by Gasteiger charge is 2.26. The molecule has 2 unspecified atom stereocenters. The molecule has 0 spiro atoms. The fraction of sp³-hybridized carbons (Fsp3) is 0.923. The molecule has 1 saturated heterocycles. The molecule has 2 atom stereocenters. The van der Waals surface area contributed by atoms with Crippen LogP contribution in [0.4, 0.5) is 0 Å². The van der Waals surface area contributed by atoms with Crippen molar-refractivity contribution in [2.75, 3.05) is 32.8 Å². The molecule has 1 aliphatic rings. The molecule has 0 saturated carbocycles. The van der Waals surface area contributed by atoms with Crippen molar-refractivity contribution in [2.24, 2.45) is 5.73 Å². The average Bonchev–Trinajstić information content (AvgIpc) is 2.37. The number of nitrogens with one attached hydrogen (secondary N) is 1. The Morgan fingerprint density at radius 1 is 1.56 bits per heavy atom. The van der Waals surface area contributed by atoms with E-state index in [0.29, 0.717) is 25.6 Å². The van der Waals surface area contributed by atoms with Gasteiger partial charge in [0.1, 0.15) is 0 Å². The second-order valence-corrected chi connectivity index (χ2v) is 4.76. The first-order chi connectivity index (χ1) is 8.71. The summed E-state index contributed by atoms with van der Waals surface area (Å²) in [6.45, 7) is 7.82. The SMILES string of the molecule is CCNC(=O)CC(CN)N1CCCC(OCC)C1. The number of piperidine rings is 1. The molecule has 3 N–H and O–H groups in total. The van der Waals surface area contributed by atoms with Crippen molar-refractivity contribution in [3.8, 4) is 0 Å². The standard InChI is InChI=1S/C13H27N3O2/c1-3-15-13(17)8-11(9-14)16-7-5-6-12(10-16)18-4-2/h11-12H,3-10,14H2,1-2H3,(H,15,17). The van der Waals surface area contributed by atoms with Crippen LogP contribution in [-0.2, 0) is 9.53 Å². The quantitative estimate of drug-likeness (QED) is 0.690. The number of carbonyl (C=O) groups excluding carboxylic acids is 1. The molecule has 5 heteroatoms. The Morgan fingerprint density at radius 3 is 2.94 bits per heavy atom. The largest absolute Gasteiger partial charge is 0.377 e. The summed E-state index contributed by atoms with van der Waals surface area (Å²) >= 11 is 0. The number of nitrogens with zero attached hydrogens (tertiary/aromatic N) is 1. The minimum Gasteiger partial charge on any atom is -0.377 e. The molecular formula is C13H27N3O2. The maximum absolute atomic E-state index is 11.6. The minimum atomic E-state index is 0.0893. The van der Waals surface area contributed by atoms with Gasteiger partial charge in [0.25, 0.3) is 0 Å². The van der Waals surface area contributed by atoms with Crippen LogP contribution in [0.3, 0.4) is 0 Å². The van der Waals surface area contributed by atoms with Crippen molar-refractivity contribution in [3.63, 3.8) is 0 Å². The van der Waals surface area contributed by atoms with Crippen LogP contribution in [0.25, 0.3) is 0 Å². The van der Waals surface area contributed by atoms with E-state index >= 15 is 0 Å².